The lowest BCUT2D eigenvalue weighted by Crippen LogP contribution is -2.41. The first-order chi connectivity index (χ1) is 11.9. The number of thiophene rings is 1. The molecule has 3 heterocycles. The van der Waals surface area contributed by atoms with Crippen molar-refractivity contribution in [2.24, 2.45) is 4.99 Å². The van der Waals surface area contributed by atoms with Gasteiger partial charge in [-0.1, -0.05) is 6.07 Å². The third-order valence-electron chi connectivity index (χ3n) is 4.74. The summed E-state index contributed by atoms with van der Waals surface area (Å²) in [5.41, 5.74) is 0. The van der Waals surface area contributed by atoms with E-state index in [1.165, 1.54) is 37.2 Å². The summed E-state index contributed by atoms with van der Waals surface area (Å²) in [7, 11) is 0. The number of rotatable bonds is 7. The summed E-state index contributed by atoms with van der Waals surface area (Å²) < 4.78 is 5.70. The van der Waals surface area contributed by atoms with Gasteiger partial charge >= 0.3 is 0 Å². The predicted octanol–water partition coefficient (Wildman–Crippen LogP) is 3.24. The Balaban J connectivity index is 0.00000225. The fourth-order valence-electron chi connectivity index (χ4n) is 3.45. The van der Waals surface area contributed by atoms with Crippen LogP contribution in [0.2, 0.25) is 0 Å². The van der Waals surface area contributed by atoms with E-state index in [0.717, 1.165) is 38.6 Å². The highest BCUT2D eigenvalue weighted by molar-refractivity contribution is 14.0. The van der Waals surface area contributed by atoms with Gasteiger partial charge in [0, 0.05) is 24.6 Å². The van der Waals surface area contributed by atoms with Crippen molar-refractivity contribution in [1.29, 1.82) is 0 Å². The SMILES string of the molecule is CCNC(=NCC(c1cccs1)N1CCCC1)NCC1CCCO1.I. The number of guanidine groups is 1. The van der Waals surface area contributed by atoms with Crippen molar-refractivity contribution in [3.63, 3.8) is 0 Å². The highest BCUT2D eigenvalue weighted by atomic mass is 127. The van der Waals surface area contributed by atoms with Crippen molar-refractivity contribution >= 4 is 41.3 Å². The molecule has 5 nitrogen and oxygen atoms in total. The number of halogens is 1. The van der Waals surface area contributed by atoms with Crippen LogP contribution in [-0.4, -0.2) is 56.3 Å². The normalized spacial score (nSPS) is 22.6. The Morgan fingerprint density at radius 3 is 2.84 bits per heavy atom. The van der Waals surface area contributed by atoms with Gasteiger partial charge in [-0.3, -0.25) is 9.89 Å². The molecule has 0 amide bonds. The van der Waals surface area contributed by atoms with Crippen molar-refractivity contribution in [2.45, 2.75) is 44.8 Å². The molecule has 0 aliphatic carbocycles. The van der Waals surface area contributed by atoms with Gasteiger partial charge in [-0.15, -0.1) is 35.3 Å². The summed E-state index contributed by atoms with van der Waals surface area (Å²) in [5.74, 6) is 0.911. The van der Waals surface area contributed by atoms with E-state index in [-0.39, 0.29) is 24.0 Å². The van der Waals surface area contributed by atoms with E-state index in [4.69, 9.17) is 9.73 Å². The molecule has 0 aromatic carbocycles. The van der Waals surface area contributed by atoms with Gasteiger partial charge in [-0.25, -0.2) is 0 Å². The zero-order valence-electron chi connectivity index (χ0n) is 15.1. The van der Waals surface area contributed by atoms with Gasteiger partial charge in [-0.2, -0.15) is 0 Å². The first-order valence-electron chi connectivity index (χ1n) is 9.28. The highest BCUT2D eigenvalue weighted by Crippen LogP contribution is 2.28. The van der Waals surface area contributed by atoms with Crippen molar-refractivity contribution in [3.8, 4) is 0 Å². The van der Waals surface area contributed by atoms with Gasteiger partial charge in [0.05, 0.1) is 18.7 Å². The molecule has 2 N–H and O–H groups in total. The minimum Gasteiger partial charge on any atom is -0.376 e. The van der Waals surface area contributed by atoms with Crippen molar-refractivity contribution in [2.75, 3.05) is 39.3 Å². The molecule has 1 aromatic heterocycles. The monoisotopic (exact) mass is 478 g/mol. The third kappa shape index (κ3) is 6.37. The average Bonchev–Trinajstić information content (AvgIpc) is 3.35. The maximum atomic E-state index is 5.70. The molecule has 0 bridgehead atoms. The van der Waals surface area contributed by atoms with Gasteiger partial charge in [0.2, 0.25) is 0 Å². The smallest absolute Gasteiger partial charge is 0.191 e. The molecule has 0 spiro atoms. The molecule has 2 aliphatic rings. The standard InChI is InChI=1S/C18H30N4OS.HI/c1-2-19-18(20-13-15-7-5-11-23-15)21-14-16(17-8-6-12-24-17)22-9-3-4-10-22;/h6,8,12,15-16H,2-5,7,9-11,13-14H2,1H3,(H2,19,20,21);1H. The van der Waals surface area contributed by atoms with Crippen molar-refractivity contribution in [1.82, 2.24) is 15.5 Å². The minimum atomic E-state index is 0. The first kappa shape index (κ1) is 20.9. The van der Waals surface area contributed by atoms with Gasteiger partial charge in [-0.05, 0) is 57.1 Å². The van der Waals surface area contributed by atoms with Gasteiger partial charge in [0.15, 0.2) is 5.96 Å². The molecular formula is C18H31IN4OS. The lowest BCUT2D eigenvalue weighted by molar-refractivity contribution is 0.113. The lowest BCUT2D eigenvalue weighted by atomic mass is 10.2. The summed E-state index contributed by atoms with van der Waals surface area (Å²) >= 11 is 1.84. The van der Waals surface area contributed by atoms with Crippen LogP contribution in [-0.2, 0) is 4.74 Å². The Morgan fingerprint density at radius 2 is 2.20 bits per heavy atom. The van der Waals surface area contributed by atoms with E-state index >= 15 is 0 Å². The van der Waals surface area contributed by atoms with Crippen molar-refractivity contribution < 1.29 is 4.74 Å². The van der Waals surface area contributed by atoms with Crippen LogP contribution in [0.1, 0.15) is 43.5 Å². The Morgan fingerprint density at radius 1 is 1.36 bits per heavy atom. The molecule has 2 unspecified atom stereocenters. The van der Waals surface area contributed by atoms with E-state index in [1.807, 2.05) is 11.3 Å². The summed E-state index contributed by atoms with van der Waals surface area (Å²) in [6.45, 7) is 7.93. The molecular weight excluding hydrogens is 447 g/mol. The molecule has 2 fully saturated rings. The van der Waals surface area contributed by atoms with Crippen LogP contribution in [0, 0.1) is 0 Å². The molecule has 0 radical (unpaired) electrons. The lowest BCUT2D eigenvalue weighted by Gasteiger charge is -2.25. The highest BCUT2D eigenvalue weighted by Gasteiger charge is 2.24. The Labute approximate surface area is 172 Å². The van der Waals surface area contributed by atoms with Crippen LogP contribution in [0.4, 0.5) is 0 Å². The third-order valence-corrected chi connectivity index (χ3v) is 5.71. The summed E-state index contributed by atoms with van der Waals surface area (Å²) in [6.07, 6.45) is 5.28. The molecule has 2 atom stereocenters. The van der Waals surface area contributed by atoms with Crippen LogP contribution in [0.3, 0.4) is 0 Å². The molecule has 7 heteroatoms. The second-order valence-electron chi connectivity index (χ2n) is 6.51. The molecule has 25 heavy (non-hydrogen) atoms. The zero-order valence-corrected chi connectivity index (χ0v) is 18.2. The molecule has 2 aliphatic heterocycles. The number of hydrogen-bond donors (Lipinski definition) is 2. The van der Waals surface area contributed by atoms with E-state index in [2.05, 4.69) is 40.0 Å². The fraction of sp³-hybridized carbons (Fsp3) is 0.722. The van der Waals surface area contributed by atoms with E-state index in [1.54, 1.807) is 0 Å². The van der Waals surface area contributed by atoms with E-state index < -0.39 is 0 Å². The summed E-state index contributed by atoms with van der Waals surface area (Å²) in [6, 6.07) is 4.80. The number of likely N-dealkylation sites (tertiary alicyclic amines) is 1. The van der Waals surface area contributed by atoms with Crippen LogP contribution in [0.5, 0.6) is 0 Å². The fourth-order valence-corrected chi connectivity index (χ4v) is 4.31. The van der Waals surface area contributed by atoms with Gasteiger partial charge in [0.25, 0.3) is 0 Å². The quantitative estimate of drug-likeness (QED) is 0.359. The second-order valence-corrected chi connectivity index (χ2v) is 7.49. The minimum absolute atomic E-state index is 0. The van der Waals surface area contributed by atoms with Gasteiger partial charge < -0.3 is 15.4 Å². The largest absolute Gasteiger partial charge is 0.376 e. The Bertz CT molecular complexity index is 499. The molecule has 2 saturated heterocycles. The number of hydrogen-bond acceptors (Lipinski definition) is 4. The van der Waals surface area contributed by atoms with Gasteiger partial charge in [0.1, 0.15) is 0 Å². The molecule has 3 rings (SSSR count). The Hall–Kier alpha value is -0.380. The zero-order chi connectivity index (χ0) is 16.6. The maximum Gasteiger partial charge on any atom is 0.191 e. The van der Waals surface area contributed by atoms with Crippen LogP contribution in [0.15, 0.2) is 22.5 Å². The van der Waals surface area contributed by atoms with E-state index in [0.29, 0.717) is 12.1 Å². The maximum absolute atomic E-state index is 5.70. The molecule has 0 saturated carbocycles. The average molecular weight is 478 g/mol. The first-order valence-corrected chi connectivity index (χ1v) is 10.2. The number of nitrogens with one attached hydrogen (secondary N) is 2. The molecule has 1 aromatic rings. The van der Waals surface area contributed by atoms with Crippen molar-refractivity contribution in [3.05, 3.63) is 22.4 Å². The number of nitrogens with zero attached hydrogens (tertiary/aromatic N) is 2. The second kappa shape index (κ2) is 11.4. The van der Waals surface area contributed by atoms with E-state index in [9.17, 15) is 0 Å². The number of ether oxygens (including phenoxy) is 1. The van der Waals surface area contributed by atoms with Crippen LogP contribution >= 0.6 is 35.3 Å². The summed E-state index contributed by atoms with van der Waals surface area (Å²) in [4.78, 5) is 8.89. The number of aliphatic imine (C=N–C) groups is 1. The van der Waals surface area contributed by atoms with Crippen LogP contribution < -0.4 is 10.6 Å². The predicted molar refractivity (Wildman–Crippen MR) is 116 cm³/mol. The van der Waals surface area contributed by atoms with Crippen LogP contribution in [0.25, 0.3) is 0 Å². The summed E-state index contributed by atoms with van der Waals surface area (Å²) in [5, 5.41) is 8.99. The molecule has 142 valence electrons. The Kier molecular flexibility index (Phi) is 9.51. The topological polar surface area (TPSA) is 48.9 Å².